The molecule has 0 unspecified atom stereocenters. The lowest BCUT2D eigenvalue weighted by Gasteiger charge is -2.45. The zero-order chi connectivity index (χ0) is 13.3. The summed E-state index contributed by atoms with van der Waals surface area (Å²) in [7, 11) is 3.91. The van der Waals surface area contributed by atoms with Crippen LogP contribution in [0.4, 0.5) is 5.82 Å². The molecule has 0 radical (unpaired) electrons. The van der Waals surface area contributed by atoms with Gasteiger partial charge in [0.2, 0.25) is 5.88 Å². The second-order valence-corrected chi connectivity index (χ2v) is 5.69. The fourth-order valence-corrected chi connectivity index (χ4v) is 3.51. The van der Waals surface area contributed by atoms with Crippen LogP contribution in [0.25, 0.3) is 0 Å². The van der Waals surface area contributed by atoms with Gasteiger partial charge in [0.05, 0.1) is 7.11 Å². The van der Waals surface area contributed by atoms with E-state index in [1.165, 1.54) is 32.2 Å². The summed E-state index contributed by atoms with van der Waals surface area (Å²) in [4.78, 5) is 13.4. The first-order chi connectivity index (χ1) is 9.23. The average molecular weight is 262 g/mol. The van der Waals surface area contributed by atoms with E-state index >= 15 is 0 Å². The molecular formula is C14H22N4O. The summed E-state index contributed by atoms with van der Waals surface area (Å²) < 4.78 is 5.20. The van der Waals surface area contributed by atoms with Crippen LogP contribution in [0.15, 0.2) is 12.4 Å². The molecule has 1 atom stereocenters. The molecule has 5 heteroatoms. The van der Waals surface area contributed by atoms with Gasteiger partial charge in [0.15, 0.2) is 0 Å². The van der Waals surface area contributed by atoms with Gasteiger partial charge in [-0.2, -0.15) is 0 Å². The maximum Gasteiger partial charge on any atom is 0.218 e. The molecule has 2 fully saturated rings. The standard InChI is InChI=1S/C14H22N4O/c1-17-7-3-5-14(17)6-4-8-18(10-14)12-9-13(19-2)16-11-15-12/h9,11H,3-8,10H2,1-2H3/t14-/m1/s1. The summed E-state index contributed by atoms with van der Waals surface area (Å²) in [5.41, 5.74) is 0.358. The number of aromatic nitrogens is 2. The summed E-state index contributed by atoms with van der Waals surface area (Å²) in [5.74, 6) is 1.63. The van der Waals surface area contributed by atoms with Crippen LogP contribution in [0.5, 0.6) is 5.88 Å². The lowest BCUT2D eigenvalue weighted by Crippen LogP contribution is -2.54. The average Bonchev–Trinajstić information content (AvgIpc) is 2.80. The SMILES string of the molecule is COc1cc(N2CCC[C@]3(CCCN3C)C2)ncn1. The Labute approximate surface area is 114 Å². The predicted molar refractivity (Wildman–Crippen MR) is 74.6 cm³/mol. The predicted octanol–water partition coefficient (Wildman–Crippen LogP) is 1.55. The Hall–Kier alpha value is -1.36. The zero-order valence-corrected chi connectivity index (χ0v) is 11.8. The Kier molecular flexibility index (Phi) is 3.31. The molecule has 0 N–H and O–H groups in total. The highest BCUT2D eigenvalue weighted by atomic mass is 16.5. The molecule has 0 amide bonds. The first-order valence-corrected chi connectivity index (χ1v) is 7.06. The molecule has 2 aliphatic rings. The van der Waals surface area contributed by atoms with Crippen molar-refractivity contribution in [1.82, 2.24) is 14.9 Å². The maximum atomic E-state index is 5.20. The zero-order valence-electron chi connectivity index (χ0n) is 11.8. The van der Waals surface area contributed by atoms with Crippen molar-refractivity contribution in [2.24, 2.45) is 0 Å². The van der Waals surface area contributed by atoms with E-state index in [0.717, 1.165) is 18.9 Å². The maximum absolute atomic E-state index is 5.20. The molecule has 0 aromatic carbocycles. The number of hydrogen-bond donors (Lipinski definition) is 0. The van der Waals surface area contributed by atoms with Crippen molar-refractivity contribution in [2.75, 3.05) is 38.7 Å². The van der Waals surface area contributed by atoms with E-state index in [0.29, 0.717) is 11.4 Å². The van der Waals surface area contributed by atoms with Crippen molar-refractivity contribution in [3.05, 3.63) is 12.4 Å². The Morgan fingerprint density at radius 3 is 2.74 bits per heavy atom. The van der Waals surface area contributed by atoms with Crippen LogP contribution in [0.2, 0.25) is 0 Å². The summed E-state index contributed by atoms with van der Waals surface area (Å²) in [6.07, 6.45) is 6.76. The molecule has 0 bridgehead atoms. The van der Waals surface area contributed by atoms with E-state index in [4.69, 9.17) is 4.74 Å². The minimum absolute atomic E-state index is 0.358. The van der Waals surface area contributed by atoms with Gasteiger partial charge in [-0.1, -0.05) is 0 Å². The summed E-state index contributed by atoms with van der Waals surface area (Å²) in [5, 5.41) is 0. The molecule has 2 aliphatic heterocycles. The van der Waals surface area contributed by atoms with Crippen LogP contribution in [0.3, 0.4) is 0 Å². The highest BCUT2D eigenvalue weighted by Crippen LogP contribution is 2.37. The minimum Gasteiger partial charge on any atom is -0.481 e. The van der Waals surface area contributed by atoms with Crippen LogP contribution in [0, 0.1) is 0 Å². The Bertz CT molecular complexity index is 453. The van der Waals surface area contributed by atoms with Crippen molar-refractivity contribution in [3.63, 3.8) is 0 Å². The van der Waals surface area contributed by atoms with E-state index in [1.807, 2.05) is 6.07 Å². The smallest absolute Gasteiger partial charge is 0.218 e. The topological polar surface area (TPSA) is 41.5 Å². The molecule has 1 spiro atoms. The summed E-state index contributed by atoms with van der Waals surface area (Å²) >= 11 is 0. The summed E-state index contributed by atoms with van der Waals surface area (Å²) in [6, 6.07) is 1.94. The van der Waals surface area contributed by atoms with Gasteiger partial charge >= 0.3 is 0 Å². The number of ether oxygens (including phenoxy) is 1. The molecule has 1 aromatic heterocycles. The van der Waals surface area contributed by atoms with Crippen molar-refractivity contribution < 1.29 is 4.74 Å². The van der Waals surface area contributed by atoms with Crippen molar-refractivity contribution in [3.8, 4) is 5.88 Å². The van der Waals surface area contributed by atoms with Gasteiger partial charge < -0.3 is 9.64 Å². The van der Waals surface area contributed by atoms with Gasteiger partial charge in [-0.05, 0) is 39.3 Å². The van der Waals surface area contributed by atoms with Crippen LogP contribution in [-0.2, 0) is 0 Å². The number of anilines is 1. The first-order valence-electron chi connectivity index (χ1n) is 7.06. The number of piperidine rings is 1. The van der Waals surface area contributed by atoms with Gasteiger partial charge in [0.25, 0.3) is 0 Å². The van der Waals surface area contributed by atoms with Crippen LogP contribution < -0.4 is 9.64 Å². The molecule has 0 aliphatic carbocycles. The van der Waals surface area contributed by atoms with Crippen molar-refractivity contribution >= 4 is 5.82 Å². The quantitative estimate of drug-likeness (QED) is 0.809. The van der Waals surface area contributed by atoms with Gasteiger partial charge in [0.1, 0.15) is 12.1 Å². The number of likely N-dealkylation sites (N-methyl/N-ethyl adjacent to an activating group) is 1. The van der Waals surface area contributed by atoms with Gasteiger partial charge in [0, 0.05) is 24.7 Å². The fraction of sp³-hybridized carbons (Fsp3) is 0.714. The Morgan fingerprint density at radius 1 is 1.21 bits per heavy atom. The fourth-order valence-electron chi connectivity index (χ4n) is 3.51. The largest absolute Gasteiger partial charge is 0.481 e. The van der Waals surface area contributed by atoms with E-state index in [1.54, 1.807) is 13.4 Å². The van der Waals surface area contributed by atoms with E-state index in [-0.39, 0.29) is 0 Å². The van der Waals surface area contributed by atoms with Crippen LogP contribution in [0.1, 0.15) is 25.7 Å². The molecular weight excluding hydrogens is 240 g/mol. The van der Waals surface area contributed by atoms with Crippen LogP contribution >= 0.6 is 0 Å². The Morgan fingerprint density at radius 2 is 2.00 bits per heavy atom. The van der Waals surface area contributed by atoms with Gasteiger partial charge in [-0.3, -0.25) is 4.90 Å². The van der Waals surface area contributed by atoms with E-state index in [2.05, 4.69) is 26.8 Å². The second kappa shape index (κ2) is 4.96. The number of likely N-dealkylation sites (tertiary alicyclic amines) is 1. The molecule has 3 heterocycles. The van der Waals surface area contributed by atoms with E-state index < -0.39 is 0 Å². The number of hydrogen-bond acceptors (Lipinski definition) is 5. The normalized spacial score (nSPS) is 28.0. The van der Waals surface area contributed by atoms with Gasteiger partial charge in [-0.25, -0.2) is 9.97 Å². The lowest BCUT2D eigenvalue weighted by molar-refractivity contribution is 0.147. The summed E-state index contributed by atoms with van der Waals surface area (Å²) in [6.45, 7) is 3.38. The molecule has 104 valence electrons. The molecule has 3 rings (SSSR count). The third-order valence-electron chi connectivity index (χ3n) is 4.66. The van der Waals surface area contributed by atoms with Crippen molar-refractivity contribution in [1.29, 1.82) is 0 Å². The lowest BCUT2D eigenvalue weighted by atomic mass is 9.86. The molecule has 5 nitrogen and oxygen atoms in total. The van der Waals surface area contributed by atoms with Crippen LogP contribution in [-0.4, -0.2) is 54.2 Å². The highest BCUT2D eigenvalue weighted by molar-refractivity contribution is 5.42. The highest BCUT2D eigenvalue weighted by Gasteiger charge is 2.42. The molecule has 2 saturated heterocycles. The minimum atomic E-state index is 0.358. The van der Waals surface area contributed by atoms with Gasteiger partial charge in [-0.15, -0.1) is 0 Å². The number of rotatable bonds is 2. The third kappa shape index (κ3) is 2.27. The Balaban J connectivity index is 1.81. The second-order valence-electron chi connectivity index (χ2n) is 5.69. The molecule has 1 aromatic rings. The first kappa shape index (κ1) is 12.7. The third-order valence-corrected chi connectivity index (χ3v) is 4.66. The number of nitrogens with zero attached hydrogens (tertiary/aromatic N) is 4. The molecule has 19 heavy (non-hydrogen) atoms. The number of methoxy groups -OCH3 is 1. The monoisotopic (exact) mass is 262 g/mol. The molecule has 0 saturated carbocycles. The van der Waals surface area contributed by atoms with Crippen molar-refractivity contribution in [2.45, 2.75) is 31.2 Å². The van der Waals surface area contributed by atoms with E-state index in [9.17, 15) is 0 Å².